The molecule has 1 aromatic heterocycles. The molecule has 186 valence electrons. The van der Waals surface area contributed by atoms with Gasteiger partial charge in [-0.15, -0.1) is 0 Å². The number of amides is 1. The van der Waals surface area contributed by atoms with E-state index in [2.05, 4.69) is 10.4 Å². The minimum Gasteiger partial charge on any atom is -0.490 e. The molecule has 8 nitrogen and oxygen atoms in total. The van der Waals surface area contributed by atoms with Gasteiger partial charge in [-0.2, -0.15) is 5.10 Å². The van der Waals surface area contributed by atoms with Gasteiger partial charge in [-0.3, -0.25) is 4.79 Å². The Morgan fingerprint density at radius 3 is 2.41 bits per heavy atom. The predicted octanol–water partition coefficient (Wildman–Crippen LogP) is 4.01. The summed E-state index contributed by atoms with van der Waals surface area (Å²) < 4.78 is 12.7. The van der Waals surface area contributed by atoms with Gasteiger partial charge in [-0.25, -0.2) is 9.48 Å². The molecule has 8 heteroatoms. The van der Waals surface area contributed by atoms with Gasteiger partial charge >= 0.3 is 5.97 Å². The minimum atomic E-state index is -1.14. The first-order valence-corrected chi connectivity index (χ1v) is 13.0. The molecule has 0 spiro atoms. The highest BCUT2D eigenvalue weighted by molar-refractivity contribution is 5.96. The van der Waals surface area contributed by atoms with Crippen LogP contribution in [0.1, 0.15) is 74.6 Å². The van der Waals surface area contributed by atoms with Crippen molar-refractivity contribution in [2.45, 2.75) is 76.8 Å². The number of carboxylic acids is 1. The van der Waals surface area contributed by atoms with Gasteiger partial charge in [-0.1, -0.05) is 19.3 Å². The molecule has 5 fully saturated rings. The van der Waals surface area contributed by atoms with Crippen LogP contribution in [0.3, 0.4) is 0 Å². The third kappa shape index (κ3) is 4.82. The second-order valence-corrected chi connectivity index (χ2v) is 10.9. The number of carboxylic acid groups (broad SMARTS) is 1. The fourth-order valence-corrected chi connectivity index (χ4v) is 7.18. The van der Waals surface area contributed by atoms with Crippen LogP contribution in [0.25, 0.3) is 0 Å². The smallest absolute Gasteiger partial charge is 0.370 e. The summed E-state index contributed by atoms with van der Waals surface area (Å²) >= 11 is 0. The van der Waals surface area contributed by atoms with Gasteiger partial charge in [0.2, 0.25) is 11.6 Å². The summed E-state index contributed by atoms with van der Waals surface area (Å²) in [6, 6.07) is 0.238. The molecule has 1 amide bonds. The molecule has 1 aromatic rings. The first kappa shape index (κ1) is 23.2. The molecule has 0 aliphatic heterocycles. The average molecular weight is 472 g/mol. The maximum atomic E-state index is 13.4. The highest BCUT2D eigenvalue weighted by Gasteiger charge is 2.48. The molecule has 5 aliphatic carbocycles. The third-order valence-corrected chi connectivity index (χ3v) is 8.62. The van der Waals surface area contributed by atoms with E-state index >= 15 is 0 Å². The van der Waals surface area contributed by atoms with Crippen LogP contribution in [-0.2, 0) is 16.1 Å². The summed E-state index contributed by atoms with van der Waals surface area (Å²) in [5.74, 6) is 2.34. The number of aromatic nitrogens is 2. The highest BCUT2D eigenvalue weighted by atomic mass is 16.5. The summed E-state index contributed by atoms with van der Waals surface area (Å²) in [6.45, 7) is 0.699. The van der Waals surface area contributed by atoms with Crippen LogP contribution in [-0.4, -0.2) is 46.5 Å². The first-order chi connectivity index (χ1) is 16.5. The van der Waals surface area contributed by atoms with Crippen molar-refractivity contribution in [3.63, 3.8) is 0 Å². The molecule has 0 atom stereocenters. The predicted molar refractivity (Wildman–Crippen MR) is 125 cm³/mol. The van der Waals surface area contributed by atoms with Crippen molar-refractivity contribution in [3.05, 3.63) is 23.6 Å². The summed E-state index contributed by atoms with van der Waals surface area (Å²) in [5.41, 5.74) is 0.437. The largest absolute Gasteiger partial charge is 0.490 e. The molecular formula is C26H37N3O5. The molecule has 0 radical (unpaired) electrons. The number of hydrogen-bond donors (Lipinski definition) is 2. The van der Waals surface area contributed by atoms with Crippen LogP contribution in [0, 0.1) is 29.6 Å². The Labute approximate surface area is 201 Å². The van der Waals surface area contributed by atoms with Crippen LogP contribution >= 0.6 is 0 Å². The molecule has 2 N–H and O–H groups in total. The van der Waals surface area contributed by atoms with E-state index in [1.54, 1.807) is 10.9 Å². The number of nitrogens with zero attached hydrogens (tertiary/aromatic N) is 2. The fourth-order valence-electron chi connectivity index (χ4n) is 7.18. The Morgan fingerprint density at radius 1 is 1.12 bits per heavy atom. The van der Waals surface area contributed by atoms with E-state index in [0.717, 1.165) is 24.7 Å². The van der Waals surface area contributed by atoms with Gasteiger partial charge in [0, 0.05) is 6.04 Å². The maximum Gasteiger partial charge on any atom is 0.370 e. The summed E-state index contributed by atoms with van der Waals surface area (Å²) in [7, 11) is 1.33. The normalized spacial score (nSPS) is 30.9. The number of allylic oxidation sites excluding steroid dienone is 1. The van der Waals surface area contributed by atoms with Gasteiger partial charge in [0.05, 0.1) is 26.5 Å². The second kappa shape index (κ2) is 10.0. The summed E-state index contributed by atoms with van der Waals surface area (Å²) in [6.07, 6.45) is 15.3. The zero-order valence-electron chi connectivity index (χ0n) is 20.1. The maximum absolute atomic E-state index is 13.4. The van der Waals surface area contributed by atoms with Gasteiger partial charge in [0.15, 0.2) is 0 Å². The SMILES string of the molecule is CO/C(=C\Cn1ncc(C(=O)NC2C3CC4CC(C3)CC2C4)c1OCC1CCCCC1)C(=O)O. The van der Waals surface area contributed by atoms with Crippen molar-refractivity contribution in [2.75, 3.05) is 13.7 Å². The molecule has 0 saturated heterocycles. The van der Waals surface area contributed by atoms with Gasteiger partial charge < -0.3 is 19.9 Å². The van der Waals surface area contributed by atoms with Crippen molar-refractivity contribution >= 4 is 11.9 Å². The average Bonchev–Trinajstić information content (AvgIpc) is 3.23. The van der Waals surface area contributed by atoms with E-state index in [9.17, 15) is 14.7 Å². The number of rotatable bonds is 9. The molecular weight excluding hydrogens is 434 g/mol. The van der Waals surface area contributed by atoms with Crippen LogP contribution in [0.4, 0.5) is 0 Å². The van der Waals surface area contributed by atoms with Crippen molar-refractivity contribution in [2.24, 2.45) is 29.6 Å². The van der Waals surface area contributed by atoms with E-state index < -0.39 is 5.97 Å². The molecule has 0 aromatic carbocycles. The number of aliphatic carboxylic acids is 1. The van der Waals surface area contributed by atoms with E-state index in [4.69, 9.17) is 9.47 Å². The standard InChI is InChI=1S/C26H37N3O5/c1-33-22(26(31)32)7-8-29-25(34-15-16-5-3-2-4-6-16)21(14-27-29)24(30)28-23-19-10-17-9-18(12-19)13-20(23)11-17/h7,14,16-20,23H,2-6,8-13,15H2,1H3,(H,28,30)(H,31,32)/b22-7-. The highest BCUT2D eigenvalue weighted by Crippen LogP contribution is 2.53. The topological polar surface area (TPSA) is 103 Å². The number of hydrogen-bond acceptors (Lipinski definition) is 5. The van der Waals surface area contributed by atoms with Crippen LogP contribution < -0.4 is 10.1 Å². The lowest BCUT2D eigenvalue weighted by Gasteiger charge is -2.54. The van der Waals surface area contributed by atoms with Crippen molar-refractivity contribution in [1.82, 2.24) is 15.1 Å². The zero-order valence-corrected chi connectivity index (χ0v) is 20.1. The number of carbonyl (C=O) groups is 2. The zero-order chi connectivity index (χ0) is 23.7. The van der Waals surface area contributed by atoms with Gasteiger partial charge in [-0.05, 0) is 80.6 Å². The lowest BCUT2D eigenvalue weighted by Crippen LogP contribution is -2.55. The van der Waals surface area contributed by atoms with Gasteiger partial charge in [0.1, 0.15) is 5.56 Å². The van der Waals surface area contributed by atoms with Gasteiger partial charge in [0.25, 0.3) is 5.91 Å². The summed E-state index contributed by atoms with van der Waals surface area (Å²) in [5, 5.41) is 17.0. The molecule has 5 aliphatic rings. The van der Waals surface area contributed by atoms with Crippen molar-refractivity contribution in [1.29, 1.82) is 0 Å². The minimum absolute atomic E-state index is 0.128. The van der Waals surface area contributed by atoms with Crippen LogP contribution in [0.15, 0.2) is 18.0 Å². The fraction of sp³-hybridized carbons (Fsp3) is 0.731. The van der Waals surface area contributed by atoms with Crippen molar-refractivity contribution < 1.29 is 24.2 Å². The quantitative estimate of drug-likeness (QED) is 0.417. The van der Waals surface area contributed by atoms with E-state index in [1.807, 2.05) is 0 Å². The van der Waals surface area contributed by atoms with E-state index in [1.165, 1.54) is 64.6 Å². The molecule has 5 saturated carbocycles. The van der Waals surface area contributed by atoms with E-state index in [0.29, 0.717) is 35.8 Å². The Bertz CT molecular complexity index is 905. The van der Waals surface area contributed by atoms with Crippen molar-refractivity contribution in [3.8, 4) is 5.88 Å². The molecule has 0 unspecified atom stereocenters. The molecule has 34 heavy (non-hydrogen) atoms. The Balaban J connectivity index is 1.33. The Morgan fingerprint density at radius 2 is 1.79 bits per heavy atom. The van der Waals surface area contributed by atoms with Crippen LogP contribution in [0.5, 0.6) is 5.88 Å². The lowest BCUT2D eigenvalue weighted by molar-refractivity contribution is -0.136. The first-order valence-electron chi connectivity index (χ1n) is 13.0. The lowest BCUT2D eigenvalue weighted by atomic mass is 9.54. The number of ether oxygens (including phenoxy) is 2. The Hall–Kier alpha value is -2.51. The van der Waals surface area contributed by atoms with E-state index in [-0.39, 0.29) is 24.3 Å². The third-order valence-electron chi connectivity index (χ3n) is 8.62. The summed E-state index contributed by atoms with van der Waals surface area (Å²) in [4.78, 5) is 24.8. The Kier molecular flexibility index (Phi) is 6.84. The number of carbonyl (C=O) groups excluding carboxylic acids is 1. The molecule has 1 heterocycles. The number of methoxy groups -OCH3 is 1. The number of nitrogens with one attached hydrogen (secondary N) is 1. The van der Waals surface area contributed by atoms with Crippen LogP contribution in [0.2, 0.25) is 0 Å². The molecule has 4 bridgehead atoms. The molecule has 6 rings (SSSR count). The second-order valence-electron chi connectivity index (χ2n) is 10.9. The monoisotopic (exact) mass is 471 g/mol.